The molecule has 0 spiro atoms. The van der Waals surface area contributed by atoms with Crippen molar-refractivity contribution >= 4 is 17.3 Å². The third kappa shape index (κ3) is 2.45. The zero-order chi connectivity index (χ0) is 13.1. The fraction of sp³-hybridized carbons (Fsp3) is 0.0769. The summed E-state index contributed by atoms with van der Waals surface area (Å²) in [7, 11) is 0. The van der Waals surface area contributed by atoms with Gasteiger partial charge in [0.05, 0.1) is 17.6 Å². The van der Waals surface area contributed by atoms with Gasteiger partial charge in [0.25, 0.3) is 5.91 Å². The molecule has 1 aromatic carbocycles. The number of benzene rings is 1. The molecule has 0 saturated heterocycles. The van der Waals surface area contributed by atoms with E-state index in [4.69, 9.17) is 5.73 Å². The summed E-state index contributed by atoms with van der Waals surface area (Å²) in [5.74, 6) is -0.849. The van der Waals surface area contributed by atoms with Crippen molar-refractivity contribution < 1.29 is 9.18 Å². The first-order valence-electron chi connectivity index (χ1n) is 5.35. The Labute approximate surface area is 104 Å². The predicted octanol–water partition coefficient (Wildman–Crippen LogP) is 2.36. The smallest absolute Gasteiger partial charge is 0.256 e. The number of anilines is 2. The van der Waals surface area contributed by atoms with Crippen LogP contribution in [0.15, 0.2) is 36.7 Å². The van der Waals surface area contributed by atoms with Crippen molar-refractivity contribution in [1.29, 1.82) is 0 Å². The van der Waals surface area contributed by atoms with Gasteiger partial charge in [0, 0.05) is 11.8 Å². The second-order valence-electron chi connectivity index (χ2n) is 3.88. The summed E-state index contributed by atoms with van der Waals surface area (Å²) in [5.41, 5.74) is 7.46. The molecule has 0 radical (unpaired) electrons. The second-order valence-corrected chi connectivity index (χ2v) is 3.88. The molecule has 1 aromatic heterocycles. The Kier molecular flexibility index (Phi) is 3.23. The zero-order valence-corrected chi connectivity index (χ0v) is 9.77. The third-order valence-corrected chi connectivity index (χ3v) is 2.54. The average Bonchev–Trinajstić information content (AvgIpc) is 2.35. The highest BCUT2D eigenvalue weighted by atomic mass is 19.1. The molecule has 0 aliphatic heterocycles. The van der Waals surface area contributed by atoms with Crippen molar-refractivity contribution in [2.45, 2.75) is 6.92 Å². The molecule has 0 atom stereocenters. The zero-order valence-electron chi connectivity index (χ0n) is 9.77. The molecule has 0 unspecified atom stereocenters. The van der Waals surface area contributed by atoms with Crippen LogP contribution in [-0.2, 0) is 0 Å². The number of carbonyl (C=O) groups excluding carboxylic acids is 1. The number of nitrogen functional groups attached to an aromatic ring is 1. The lowest BCUT2D eigenvalue weighted by atomic mass is 10.1. The quantitative estimate of drug-likeness (QED) is 0.853. The fourth-order valence-corrected chi connectivity index (χ4v) is 1.55. The topological polar surface area (TPSA) is 68.0 Å². The Morgan fingerprint density at radius 3 is 2.89 bits per heavy atom. The Hall–Kier alpha value is -2.43. The number of hydrogen-bond acceptors (Lipinski definition) is 3. The first kappa shape index (κ1) is 12.0. The molecule has 0 aliphatic carbocycles. The molecule has 3 N–H and O–H groups in total. The van der Waals surface area contributed by atoms with Crippen molar-refractivity contribution in [2.24, 2.45) is 0 Å². The van der Waals surface area contributed by atoms with E-state index in [0.29, 0.717) is 16.9 Å². The van der Waals surface area contributed by atoms with Crippen molar-refractivity contribution in [3.8, 4) is 0 Å². The lowest BCUT2D eigenvalue weighted by Crippen LogP contribution is -2.14. The molecule has 2 rings (SSSR count). The number of aromatic nitrogens is 1. The SMILES string of the molecule is Cc1ccc(F)cc1C(=O)Nc1ccncc1N. The summed E-state index contributed by atoms with van der Waals surface area (Å²) in [5, 5.41) is 2.62. The number of carbonyl (C=O) groups is 1. The minimum Gasteiger partial charge on any atom is -0.396 e. The highest BCUT2D eigenvalue weighted by Gasteiger charge is 2.11. The molecule has 18 heavy (non-hydrogen) atoms. The van der Waals surface area contributed by atoms with E-state index >= 15 is 0 Å². The van der Waals surface area contributed by atoms with Crippen molar-refractivity contribution in [3.63, 3.8) is 0 Å². The first-order chi connectivity index (χ1) is 8.58. The molecule has 92 valence electrons. The van der Waals surface area contributed by atoms with Crippen LogP contribution in [0.1, 0.15) is 15.9 Å². The maximum Gasteiger partial charge on any atom is 0.256 e. The van der Waals surface area contributed by atoms with Crippen molar-refractivity contribution in [2.75, 3.05) is 11.1 Å². The number of nitrogens with one attached hydrogen (secondary N) is 1. The highest BCUT2D eigenvalue weighted by molar-refractivity contribution is 6.06. The molecule has 4 nitrogen and oxygen atoms in total. The van der Waals surface area contributed by atoms with Crippen LogP contribution >= 0.6 is 0 Å². The fourth-order valence-electron chi connectivity index (χ4n) is 1.55. The van der Waals surface area contributed by atoms with Crippen molar-refractivity contribution in [3.05, 3.63) is 53.6 Å². The monoisotopic (exact) mass is 245 g/mol. The predicted molar refractivity (Wildman–Crippen MR) is 67.7 cm³/mol. The number of nitrogens with two attached hydrogens (primary N) is 1. The number of rotatable bonds is 2. The van der Waals surface area contributed by atoms with Gasteiger partial charge >= 0.3 is 0 Å². The number of pyridine rings is 1. The van der Waals surface area contributed by atoms with E-state index in [0.717, 1.165) is 0 Å². The highest BCUT2D eigenvalue weighted by Crippen LogP contribution is 2.18. The van der Waals surface area contributed by atoms with E-state index in [2.05, 4.69) is 10.3 Å². The molecule has 0 fully saturated rings. The van der Waals surface area contributed by atoms with E-state index in [1.807, 2.05) is 0 Å². The number of halogens is 1. The van der Waals surface area contributed by atoms with Gasteiger partial charge in [-0.15, -0.1) is 0 Å². The lowest BCUT2D eigenvalue weighted by Gasteiger charge is -2.09. The summed E-state index contributed by atoms with van der Waals surface area (Å²) < 4.78 is 13.1. The molecule has 1 amide bonds. The summed E-state index contributed by atoms with van der Waals surface area (Å²) >= 11 is 0. The van der Waals surface area contributed by atoms with E-state index < -0.39 is 11.7 Å². The van der Waals surface area contributed by atoms with Crippen LogP contribution in [0, 0.1) is 12.7 Å². The van der Waals surface area contributed by atoms with Crippen LogP contribution in [0.2, 0.25) is 0 Å². The molecular formula is C13H12FN3O. The lowest BCUT2D eigenvalue weighted by molar-refractivity contribution is 0.102. The number of hydrogen-bond donors (Lipinski definition) is 2. The maximum atomic E-state index is 13.1. The van der Waals surface area contributed by atoms with Gasteiger partial charge in [-0.2, -0.15) is 0 Å². The van der Waals surface area contributed by atoms with Gasteiger partial charge in [0.1, 0.15) is 5.82 Å². The van der Waals surface area contributed by atoms with E-state index in [1.54, 1.807) is 19.1 Å². The van der Waals surface area contributed by atoms with Crippen LogP contribution in [0.5, 0.6) is 0 Å². The Morgan fingerprint density at radius 1 is 1.39 bits per heavy atom. The minimum absolute atomic E-state index is 0.284. The number of amides is 1. The van der Waals surface area contributed by atoms with Gasteiger partial charge in [0.2, 0.25) is 0 Å². The standard InChI is InChI=1S/C13H12FN3O/c1-8-2-3-9(14)6-10(8)13(18)17-12-4-5-16-7-11(12)15/h2-7H,15H2,1H3,(H,16,17,18). The van der Waals surface area contributed by atoms with Crippen LogP contribution in [-0.4, -0.2) is 10.9 Å². The van der Waals surface area contributed by atoms with Gasteiger partial charge in [-0.3, -0.25) is 9.78 Å². The Balaban J connectivity index is 2.28. The van der Waals surface area contributed by atoms with Gasteiger partial charge in [-0.25, -0.2) is 4.39 Å². The summed E-state index contributed by atoms with van der Waals surface area (Å²) in [4.78, 5) is 15.8. The van der Waals surface area contributed by atoms with Crippen LogP contribution in [0.4, 0.5) is 15.8 Å². The van der Waals surface area contributed by atoms with Gasteiger partial charge in [-0.1, -0.05) is 6.07 Å². The normalized spacial score (nSPS) is 10.1. The Morgan fingerprint density at radius 2 is 2.17 bits per heavy atom. The molecule has 0 saturated carbocycles. The molecule has 0 aliphatic rings. The Bertz CT molecular complexity index is 599. The van der Waals surface area contributed by atoms with Crippen LogP contribution in [0.3, 0.4) is 0 Å². The van der Waals surface area contributed by atoms with Crippen molar-refractivity contribution in [1.82, 2.24) is 4.98 Å². The van der Waals surface area contributed by atoms with Gasteiger partial charge in [-0.05, 0) is 30.7 Å². The second kappa shape index (κ2) is 4.83. The maximum absolute atomic E-state index is 13.1. The molecule has 5 heteroatoms. The molecule has 2 aromatic rings. The van der Waals surface area contributed by atoms with Crippen LogP contribution < -0.4 is 11.1 Å². The van der Waals surface area contributed by atoms with Gasteiger partial charge < -0.3 is 11.1 Å². The summed E-state index contributed by atoms with van der Waals surface area (Å²) in [6, 6.07) is 5.65. The van der Waals surface area contributed by atoms with E-state index in [1.165, 1.54) is 24.5 Å². The van der Waals surface area contributed by atoms with Gasteiger partial charge in [0.15, 0.2) is 0 Å². The number of nitrogens with zero attached hydrogens (tertiary/aromatic N) is 1. The third-order valence-electron chi connectivity index (χ3n) is 2.54. The summed E-state index contributed by atoms with van der Waals surface area (Å²) in [6.45, 7) is 1.74. The largest absolute Gasteiger partial charge is 0.396 e. The molecular weight excluding hydrogens is 233 g/mol. The summed E-state index contributed by atoms with van der Waals surface area (Å²) in [6.07, 6.45) is 2.96. The minimum atomic E-state index is -0.451. The van der Waals surface area contributed by atoms with E-state index in [9.17, 15) is 9.18 Å². The molecule has 1 heterocycles. The first-order valence-corrected chi connectivity index (χ1v) is 5.35. The average molecular weight is 245 g/mol. The molecule has 0 bridgehead atoms. The number of aryl methyl sites for hydroxylation is 1. The van der Waals surface area contributed by atoms with Crippen LogP contribution in [0.25, 0.3) is 0 Å². The van der Waals surface area contributed by atoms with E-state index in [-0.39, 0.29) is 5.56 Å².